The normalized spacial score (nSPS) is 28.2. The van der Waals surface area contributed by atoms with E-state index in [0.717, 1.165) is 25.7 Å². The Morgan fingerprint density at radius 2 is 1.95 bits per heavy atom. The van der Waals surface area contributed by atoms with Crippen molar-refractivity contribution >= 4 is 12.0 Å². The van der Waals surface area contributed by atoms with Gasteiger partial charge in [-0.25, -0.2) is 4.79 Å². The van der Waals surface area contributed by atoms with Gasteiger partial charge < -0.3 is 15.0 Å². The number of alkyl carbamates (subject to hydrolysis) is 1. The molecule has 1 N–H and O–H groups in total. The second kappa shape index (κ2) is 6.75. The average molecular weight is 322 g/mol. The second-order valence-corrected chi connectivity index (χ2v) is 6.04. The molecule has 22 heavy (non-hydrogen) atoms. The summed E-state index contributed by atoms with van der Waals surface area (Å²) in [6.07, 6.45) is -0.511. The first-order valence-corrected chi connectivity index (χ1v) is 7.56. The van der Waals surface area contributed by atoms with E-state index < -0.39 is 18.9 Å². The lowest BCUT2D eigenvalue weighted by atomic mass is 9.85. The van der Waals surface area contributed by atoms with Crippen LogP contribution in [-0.2, 0) is 9.53 Å². The predicted octanol–water partition coefficient (Wildman–Crippen LogP) is 2.45. The molecule has 8 heteroatoms. The number of carbonyl (C=O) groups excluding carboxylic acids is 2. The summed E-state index contributed by atoms with van der Waals surface area (Å²) in [5.41, 5.74) is 0. The Labute approximate surface area is 127 Å². The van der Waals surface area contributed by atoms with E-state index in [2.05, 4.69) is 10.1 Å². The van der Waals surface area contributed by atoms with E-state index in [9.17, 15) is 22.8 Å². The molecule has 0 spiro atoms. The first-order valence-electron chi connectivity index (χ1n) is 7.56. The number of hydrogen-bond donors (Lipinski definition) is 1. The molecule has 2 amide bonds. The van der Waals surface area contributed by atoms with Crippen LogP contribution in [0.2, 0.25) is 0 Å². The van der Waals surface area contributed by atoms with Gasteiger partial charge in [0.25, 0.3) is 0 Å². The molecule has 0 radical (unpaired) electrons. The molecule has 2 rings (SSSR count). The van der Waals surface area contributed by atoms with Crippen LogP contribution in [0, 0.1) is 5.92 Å². The van der Waals surface area contributed by atoms with Crippen LogP contribution >= 0.6 is 0 Å². The van der Waals surface area contributed by atoms with Gasteiger partial charge >= 0.3 is 12.3 Å². The van der Waals surface area contributed by atoms with Crippen LogP contribution in [-0.4, -0.2) is 48.3 Å². The van der Waals surface area contributed by atoms with Crippen LogP contribution in [0.1, 0.15) is 39.0 Å². The Bertz CT molecular complexity index is 428. The summed E-state index contributed by atoms with van der Waals surface area (Å²) >= 11 is 0. The molecule has 2 aliphatic rings. The minimum Gasteiger partial charge on any atom is -0.440 e. The number of fused-ring (bicyclic) bond motifs is 1. The molecule has 1 heterocycles. The lowest BCUT2D eigenvalue weighted by Crippen LogP contribution is -2.47. The van der Waals surface area contributed by atoms with E-state index >= 15 is 0 Å². The highest BCUT2D eigenvalue weighted by Crippen LogP contribution is 2.39. The summed E-state index contributed by atoms with van der Waals surface area (Å²) in [7, 11) is 0. The summed E-state index contributed by atoms with van der Waals surface area (Å²) in [6.45, 7) is -0.0136. The maximum atomic E-state index is 12.2. The van der Waals surface area contributed by atoms with Gasteiger partial charge in [0.2, 0.25) is 5.91 Å². The number of amides is 2. The summed E-state index contributed by atoms with van der Waals surface area (Å²) in [5.74, 6) is 0.246. The first kappa shape index (κ1) is 16.9. The Morgan fingerprint density at radius 1 is 1.27 bits per heavy atom. The van der Waals surface area contributed by atoms with Gasteiger partial charge in [0.05, 0.1) is 0 Å². The third kappa shape index (κ3) is 4.27. The van der Waals surface area contributed by atoms with Gasteiger partial charge in [0.1, 0.15) is 6.54 Å². The number of alkyl halides is 3. The number of halogens is 3. The SMILES string of the molecule is C[C@@H]1C[C@@H]2CCCC[C@@H]2N1C(=O)CNC(=O)OCC(F)(F)F. The largest absolute Gasteiger partial charge is 0.440 e. The van der Waals surface area contributed by atoms with Gasteiger partial charge in [-0.15, -0.1) is 0 Å². The molecule has 0 unspecified atom stereocenters. The van der Waals surface area contributed by atoms with Crippen LogP contribution in [0.15, 0.2) is 0 Å². The van der Waals surface area contributed by atoms with Gasteiger partial charge in [-0.2, -0.15) is 13.2 Å². The lowest BCUT2D eigenvalue weighted by molar-refractivity contribution is -0.160. The van der Waals surface area contributed by atoms with Gasteiger partial charge in [-0.3, -0.25) is 4.79 Å². The summed E-state index contributed by atoms with van der Waals surface area (Å²) in [4.78, 5) is 25.2. The minimum atomic E-state index is -4.57. The summed E-state index contributed by atoms with van der Waals surface area (Å²) in [5, 5.41) is 2.10. The van der Waals surface area contributed by atoms with E-state index in [1.165, 1.54) is 6.42 Å². The molecular formula is C14H21F3N2O3. The number of likely N-dealkylation sites (tertiary alicyclic amines) is 1. The van der Waals surface area contributed by atoms with E-state index in [-0.39, 0.29) is 24.5 Å². The molecule has 2 fully saturated rings. The third-order valence-corrected chi connectivity index (χ3v) is 4.38. The highest BCUT2D eigenvalue weighted by atomic mass is 19.4. The molecule has 3 atom stereocenters. The van der Waals surface area contributed by atoms with E-state index in [1.807, 2.05) is 6.92 Å². The number of hydrogen-bond acceptors (Lipinski definition) is 3. The molecule has 0 aromatic carbocycles. The van der Waals surface area contributed by atoms with Gasteiger partial charge in [-0.05, 0) is 32.1 Å². The van der Waals surface area contributed by atoms with Crippen molar-refractivity contribution in [2.24, 2.45) is 5.92 Å². The number of nitrogens with zero attached hydrogens (tertiary/aromatic N) is 1. The Balaban J connectivity index is 1.80. The molecule has 1 saturated carbocycles. The Kier molecular flexibility index (Phi) is 5.18. The maximum absolute atomic E-state index is 12.2. The van der Waals surface area contributed by atoms with Crippen molar-refractivity contribution in [1.29, 1.82) is 0 Å². The quantitative estimate of drug-likeness (QED) is 0.868. The molecule has 0 aromatic rings. The third-order valence-electron chi connectivity index (χ3n) is 4.38. The van der Waals surface area contributed by atoms with Crippen molar-refractivity contribution in [2.75, 3.05) is 13.2 Å². The zero-order valence-corrected chi connectivity index (χ0v) is 12.5. The van der Waals surface area contributed by atoms with Crippen LogP contribution in [0.25, 0.3) is 0 Å². The first-order chi connectivity index (χ1) is 10.3. The molecular weight excluding hydrogens is 301 g/mol. The van der Waals surface area contributed by atoms with Gasteiger partial charge in [0, 0.05) is 12.1 Å². The Hall–Kier alpha value is -1.47. The molecule has 126 valence electrons. The van der Waals surface area contributed by atoms with Crippen LogP contribution < -0.4 is 5.32 Å². The van der Waals surface area contributed by atoms with Crippen molar-refractivity contribution in [2.45, 2.75) is 57.3 Å². The van der Waals surface area contributed by atoms with Crippen molar-refractivity contribution in [3.63, 3.8) is 0 Å². The molecule has 0 aromatic heterocycles. The van der Waals surface area contributed by atoms with Crippen molar-refractivity contribution < 1.29 is 27.5 Å². The number of ether oxygens (including phenoxy) is 1. The topological polar surface area (TPSA) is 58.6 Å². The van der Waals surface area contributed by atoms with Gasteiger partial charge in [-0.1, -0.05) is 12.8 Å². The van der Waals surface area contributed by atoms with Gasteiger partial charge in [0.15, 0.2) is 6.61 Å². The fourth-order valence-electron chi connectivity index (χ4n) is 3.58. The van der Waals surface area contributed by atoms with Crippen molar-refractivity contribution in [3.8, 4) is 0 Å². The van der Waals surface area contributed by atoms with E-state index in [1.54, 1.807) is 4.90 Å². The highest BCUT2D eigenvalue weighted by Gasteiger charge is 2.42. The Morgan fingerprint density at radius 3 is 2.64 bits per heavy atom. The predicted molar refractivity (Wildman–Crippen MR) is 72.1 cm³/mol. The molecule has 1 saturated heterocycles. The fraction of sp³-hybridized carbons (Fsp3) is 0.857. The monoisotopic (exact) mass is 322 g/mol. The molecule has 1 aliphatic heterocycles. The van der Waals surface area contributed by atoms with E-state index in [4.69, 9.17) is 0 Å². The fourth-order valence-corrected chi connectivity index (χ4v) is 3.58. The zero-order valence-electron chi connectivity index (χ0n) is 12.5. The zero-order chi connectivity index (χ0) is 16.3. The van der Waals surface area contributed by atoms with Crippen molar-refractivity contribution in [1.82, 2.24) is 10.2 Å². The number of carbonyl (C=O) groups is 2. The maximum Gasteiger partial charge on any atom is 0.422 e. The van der Waals surface area contributed by atoms with Crippen molar-refractivity contribution in [3.05, 3.63) is 0 Å². The van der Waals surface area contributed by atoms with E-state index in [0.29, 0.717) is 5.92 Å². The molecule has 5 nitrogen and oxygen atoms in total. The highest BCUT2D eigenvalue weighted by molar-refractivity contribution is 5.83. The lowest BCUT2D eigenvalue weighted by Gasteiger charge is -2.33. The molecule has 1 aliphatic carbocycles. The summed E-state index contributed by atoms with van der Waals surface area (Å²) < 4.78 is 39.8. The van der Waals surface area contributed by atoms with Crippen LogP contribution in [0.3, 0.4) is 0 Å². The molecule has 0 bridgehead atoms. The number of rotatable bonds is 3. The minimum absolute atomic E-state index is 0.105. The summed E-state index contributed by atoms with van der Waals surface area (Å²) in [6, 6.07) is 0.304. The second-order valence-electron chi connectivity index (χ2n) is 6.04. The standard InChI is InChI=1S/C14H21F3N2O3/c1-9-6-10-4-2-3-5-11(10)19(9)12(20)7-18-13(21)22-8-14(15,16)17/h9-11H,2-8H2,1H3,(H,18,21)/t9-,10+,11+/m1/s1. The number of nitrogens with one attached hydrogen (secondary N) is 1. The average Bonchev–Trinajstić information content (AvgIpc) is 2.77. The smallest absolute Gasteiger partial charge is 0.422 e. The van der Waals surface area contributed by atoms with Crippen LogP contribution in [0.5, 0.6) is 0 Å². The van der Waals surface area contributed by atoms with Crippen LogP contribution in [0.4, 0.5) is 18.0 Å².